The van der Waals surface area contributed by atoms with Crippen LogP contribution in [0.3, 0.4) is 0 Å². The van der Waals surface area contributed by atoms with E-state index >= 15 is 0 Å². The second-order valence-electron chi connectivity index (χ2n) is 21.9. The Kier molecular flexibility index (Phi) is 16.0. The summed E-state index contributed by atoms with van der Waals surface area (Å²) in [4.78, 5) is 0. The van der Waals surface area contributed by atoms with Gasteiger partial charge in [-0.05, 0) is 0 Å². The Morgan fingerprint density at radius 2 is 0.441 bits per heavy atom. The molecule has 354 valence electrons. The molecule has 7 rings (SSSR count). The molecular formula is C66H78OSe. The van der Waals surface area contributed by atoms with Crippen molar-refractivity contribution in [2.45, 2.75) is 158 Å². The first-order chi connectivity index (χ1) is 32.3. The van der Waals surface area contributed by atoms with Gasteiger partial charge >= 0.3 is 421 Å². The Morgan fingerprint density at radius 3 is 0.618 bits per heavy atom. The van der Waals surface area contributed by atoms with Gasteiger partial charge in [0.15, 0.2) is 0 Å². The number of benzene rings is 7. The average molecular weight is 966 g/mol. The molecule has 0 atom stereocenters. The quantitative estimate of drug-likeness (QED) is 0.102. The van der Waals surface area contributed by atoms with Crippen LogP contribution in [0.25, 0.3) is 66.8 Å². The third-order valence-corrected chi connectivity index (χ3v) is 15.5. The summed E-state index contributed by atoms with van der Waals surface area (Å²) in [6.45, 7) is 37.2. The molecule has 7 aromatic rings. The molecule has 0 unspecified atom stereocenters. The Balaban J connectivity index is 1.61. The molecule has 2 heteroatoms. The van der Waals surface area contributed by atoms with Gasteiger partial charge in [0.1, 0.15) is 0 Å². The fraction of sp³-hybridized carbons (Fsp3) is 0.364. The summed E-state index contributed by atoms with van der Waals surface area (Å²) in [5.41, 5.74) is 25.8. The van der Waals surface area contributed by atoms with Gasteiger partial charge in [0, 0.05) is 0 Å². The number of rotatable bonds is 15. The molecule has 0 amide bonds. The Hall–Kier alpha value is -4.98. The van der Waals surface area contributed by atoms with E-state index in [1.807, 2.05) is 0 Å². The number of hydrogen-bond donors (Lipinski definition) is 1. The van der Waals surface area contributed by atoms with Crippen LogP contribution in [0.1, 0.15) is 203 Å². The second-order valence-corrected chi connectivity index (χ2v) is 23.1. The fourth-order valence-electron chi connectivity index (χ4n) is 10.8. The van der Waals surface area contributed by atoms with Crippen LogP contribution in [0, 0.1) is 0 Å². The van der Waals surface area contributed by atoms with Crippen molar-refractivity contribution >= 4 is 19.7 Å². The maximum absolute atomic E-state index is 12.0. The van der Waals surface area contributed by atoms with E-state index in [1.54, 1.807) is 0 Å². The topological polar surface area (TPSA) is 20.2 Å². The van der Waals surface area contributed by atoms with Gasteiger partial charge in [-0.1, -0.05) is 0 Å². The number of hydrogen-bond acceptors (Lipinski definition) is 1. The Labute approximate surface area is 418 Å². The van der Waals surface area contributed by atoms with Crippen molar-refractivity contribution in [2.24, 2.45) is 0 Å². The molecule has 1 nitrogen and oxygen atoms in total. The van der Waals surface area contributed by atoms with E-state index in [-0.39, 0.29) is 0 Å². The van der Waals surface area contributed by atoms with Gasteiger partial charge in [0.2, 0.25) is 0 Å². The summed E-state index contributed by atoms with van der Waals surface area (Å²) in [6.07, 6.45) is 0. The van der Waals surface area contributed by atoms with Crippen molar-refractivity contribution < 1.29 is 4.19 Å². The van der Waals surface area contributed by atoms with Crippen molar-refractivity contribution in [1.29, 1.82) is 0 Å². The van der Waals surface area contributed by atoms with E-state index < -0.39 is 15.3 Å². The van der Waals surface area contributed by atoms with E-state index in [0.717, 1.165) is 26.7 Å². The molecule has 68 heavy (non-hydrogen) atoms. The predicted octanol–water partition coefficient (Wildman–Crippen LogP) is 18.9. The standard InChI is InChI=1S/C66H78OSe/c1-38(2)52-22-17-23-53(39(3)4)62(52)48-32-46(33-49(36-48)63-54(40(5)6)24-18-25-55(63)41(7)8)60-30-21-31-61(66(60)68-67)47-34-50(64-56(42(9)10)26-19-27-57(64)43(11)12)37-51(35-47)65-58(44(13)14)28-20-29-59(65)45(15)16/h17-45,67H,1-16H3. The SMILES string of the molecule is CC(C)c1cccc(C(C)C)c1-c1cc(-c2cccc(-c3cc(-c4c(C(C)C)cccc4C(C)C)cc(-c4c(C(C)C)cccc4C(C)C)c3)c2[Se]O)cc(-c2c(C(C)C)cccc2C(C)C)c1. The molecule has 7 aromatic carbocycles. The maximum atomic E-state index is 12.0. The molecule has 1 N–H and O–H groups in total. The summed E-state index contributed by atoms with van der Waals surface area (Å²) in [5.74, 6) is 2.78. The van der Waals surface area contributed by atoms with Crippen molar-refractivity contribution in [1.82, 2.24) is 0 Å². The minimum atomic E-state index is -0.825. The first kappa shape index (κ1) is 50.9. The summed E-state index contributed by atoms with van der Waals surface area (Å²) in [5, 5.41) is 0. The minimum absolute atomic E-state index is 0.347. The van der Waals surface area contributed by atoms with E-state index in [4.69, 9.17) is 0 Å². The van der Waals surface area contributed by atoms with Crippen LogP contribution >= 0.6 is 0 Å². The predicted molar refractivity (Wildman–Crippen MR) is 299 cm³/mol. The van der Waals surface area contributed by atoms with Crippen molar-refractivity contribution in [2.75, 3.05) is 0 Å². The summed E-state index contributed by atoms with van der Waals surface area (Å²) >= 11 is -0.825. The molecule has 0 aliphatic rings. The van der Waals surface area contributed by atoms with Crippen LogP contribution in [-0.2, 0) is 0 Å². The summed E-state index contributed by atoms with van der Waals surface area (Å²) in [7, 11) is 0. The molecule has 0 bridgehead atoms. The van der Waals surface area contributed by atoms with E-state index in [0.29, 0.717) is 47.3 Å². The van der Waals surface area contributed by atoms with Crippen LogP contribution in [0.4, 0.5) is 0 Å². The Morgan fingerprint density at radius 1 is 0.265 bits per heavy atom. The van der Waals surface area contributed by atoms with E-state index in [1.165, 1.54) is 89.0 Å². The van der Waals surface area contributed by atoms with Gasteiger partial charge < -0.3 is 0 Å². The van der Waals surface area contributed by atoms with Gasteiger partial charge in [-0.25, -0.2) is 0 Å². The average Bonchev–Trinajstić information content (AvgIpc) is 3.32. The molecule has 0 aromatic heterocycles. The van der Waals surface area contributed by atoms with Crippen LogP contribution in [0.5, 0.6) is 0 Å². The van der Waals surface area contributed by atoms with Crippen molar-refractivity contribution in [3.8, 4) is 66.8 Å². The molecule has 0 saturated carbocycles. The normalized spacial score (nSPS) is 12.1. The third-order valence-electron chi connectivity index (χ3n) is 14.2. The zero-order chi connectivity index (χ0) is 49.3. The second kappa shape index (κ2) is 21.3. The zero-order valence-corrected chi connectivity index (χ0v) is 45.8. The molecule has 0 spiro atoms. The van der Waals surface area contributed by atoms with Gasteiger partial charge in [-0.2, -0.15) is 0 Å². The summed E-state index contributed by atoms with van der Waals surface area (Å²) < 4.78 is 13.0. The Bertz CT molecular complexity index is 2440. The van der Waals surface area contributed by atoms with Gasteiger partial charge in [0.05, 0.1) is 0 Å². The van der Waals surface area contributed by atoms with Gasteiger partial charge in [-0.3, -0.25) is 0 Å². The third kappa shape index (κ3) is 10.2. The van der Waals surface area contributed by atoms with Crippen molar-refractivity contribution in [3.05, 3.63) is 172 Å². The molecule has 0 aliphatic heterocycles. The molecular weight excluding hydrogens is 888 g/mol. The molecule has 0 radical (unpaired) electrons. The van der Waals surface area contributed by atoms with Gasteiger partial charge in [0.25, 0.3) is 0 Å². The zero-order valence-electron chi connectivity index (χ0n) is 44.1. The van der Waals surface area contributed by atoms with Crippen LogP contribution < -0.4 is 4.46 Å². The van der Waals surface area contributed by atoms with Crippen LogP contribution in [0.15, 0.2) is 127 Å². The molecule has 0 aliphatic carbocycles. The molecule has 0 saturated heterocycles. The first-order valence-electron chi connectivity index (χ1n) is 25.6. The molecule has 0 fully saturated rings. The summed E-state index contributed by atoms with van der Waals surface area (Å²) in [6, 6.07) is 49.1. The van der Waals surface area contributed by atoms with Gasteiger partial charge in [-0.15, -0.1) is 0 Å². The monoisotopic (exact) mass is 967 g/mol. The van der Waals surface area contributed by atoms with E-state index in [9.17, 15) is 4.19 Å². The van der Waals surface area contributed by atoms with Crippen molar-refractivity contribution in [3.63, 3.8) is 0 Å². The van der Waals surface area contributed by atoms with E-state index in [2.05, 4.69) is 238 Å². The fourth-order valence-corrected chi connectivity index (χ4v) is 12.0. The first-order valence-corrected chi connectivity index (χ1v) is 27.2. The molecule has 0 heterocycles. The van der Waals surface area contributed by atoms with Crippen LogP contribution in [-0.4, -0.2) is 19.5 Å². The van der Waals surface area contributed by atoms with Crippen LogP contribution in [0.2, 0.25) is 0 Å².